The first kappa shape index (κ1) is 13.3. The van der Waals surface area contributed by atoms with Gasteiger partial charge in [0, 0.05) is 36.6 Å². The second-order valence-corrected chi connectivity index (χ2v) is 5.33. The molecular weight excluding hydrogens is 242 g/mol. The maximum absolute atomic E-state index is 4.40. The molecule has 4 heteroatoms. The third kappa shape index (κ3) is 3.21. The third-order valence-electron chi connectivity index (χ3n) is 3.08. The van der Waals surface area contributed by atoms with Crippen molar-refractivity contribution in [1.82, 2.24) is 14.9 Å². The van der Waals surface area contributed by atoms with Crippen LogP contribution < -0.4 is 5.32 Å². The summed E-state index contributed by atoms with van der Waals surface area (Å²) in [6.45, 7) is 6.41. The Morgan fingerprint density at radius 2 is 2.33 bits per heavy atom. The van der Waals surface area contributed by atoms with Gasteiger partial charge in [0.2, 0.25) is 0 Å². The van der Waals surface area contributed by atoms with Crippen LogP contribution in [-0.2, 0) is 13.1 Å². The van der Waals surface area contributed by atoms with Gasteiger partial charge in [-0.3, -0.25) is 0 Å². The van der Waals surface area contributed by atoms with Crippen molar-refractivity contribution in [2.24, 2.45) is 0 Å². The standard InChI is InChI=1S/C14H21N3S/c1-3-8-17-9-5-6-12(17)11-16-13(4-2)14-15-7-10-18-14/h5-7,9-10,13,16H,3-4,8,11H2,1-2H3. The summed E-state index contributed by atoms with van der Waals surface area (Å²) in [5, 5.41) is 6.83. The van der Waals surface area contributed by atoms with Gasteiger partial charge in [0.1, 0.15) is 5.01 Å². The van der Waals surface area contributed by atoms with E-state index in [9.17, 15) is 0 Å². The van der Waals surface area contributed by atoms with E-state index in [1.165, 1.54) is 17.1 Å². The molecule has 2 aromatic rings. The van der Waals surface area contributed by atoms with Crippen LogP contribution in [0.2, 0.25) is 0 Å². The maximum atomic E-state index is 4.40. The maximum Gasteiger partial charge on any atom is 0.109 e. The van der Waals surface area contributed by atoms with Gasteiger partial charge in [-0.2, -0.15) is 0 Å². The van der Waals surface area contributed by atoms with E-state index in [0.29, 0.717) is 6.04 Å². The molecule has 0 bridgehead atoms. The number of aromatic nitrogens is 2. The molecule has 1 unspecified atom stereocenters. The predicted octanol–water partition coefficient (Wildman–Crippen LogP) is 3.60. The molecule has 0 aliphatic carbocycles. The zero-order chi connectivity index (χ0) is 12.8. The lowest BCUT2D eigenvalue weighted by Crippen LogP contribution is -2.21. The van der Waals surface area contributed by atoms with Gasteiger partial charge in [0.25, 0.3) is 0 Å². The average Bonchev–Trinajstić information content (AvgIpc) is 3.03. The molecule has 0 fully saturated rings. The van der Waals surface area contributed by atoms with Crippen LogP contribution in [0, 0.1) is 0 Å². The summed E-state index contributed by atoms with van der Waals surface area (Å²) in [7, 11) is 0. The molecule has 2 aromatic heterocycles. The number of hydrogen-bond donors (Lipinski definition) is 1. The lowest BCUT2D eigenvalue weighted by Gasteiger charge is -2.15. The molecule has 0 amide bonds. The summed E-state index contributed by atoms with van der Waals surface area (Å²) in [5.74, 6) is 0. The molecule has 18 heavy (non-hydrogen) atoms. The van der Waals surface area contributed by atoms with Crippen LogP contribution in [0.3, 0.4) is 0 Å². The van der Waals surface area contributed by atoms with E-state index in [-0.39, 0.29) is 0 Å². The Hall–Kier alpha value is -1.13. The monoisotopic (exact) mass is 263 g/mol. The van der Waals surface area contributed by atoms with Gasteiger partial charge in [-0.05, 0) is 25.0 Å². The summed E-state index contributed by atoms with van der Waals surface area (Å²) in [6, 6.07) is 4.68. The molecule has 3 nitrogen and oxygen atoms in total. The van der Waals surface area contributed by atoms with Crippen molar-refractivity contribution in [3.63, 3.8) is 0 Å². The molecule has 2 heterocycles. The summed E-state index contributed by atoms with van der Waals surface area (Å²) in [5.41, 5.74) is 1.35. The molecule has 0 aromatic carbocycles. The Morgan fingerprint density at radius 1 is 1.44 bits per heavy atom. The Bertz CT molecular complexity index is 447. The van der Waals surface area contributed by atoms with Gasteiger partial charge < -0.3 is 9.88 Å². The molecule has 1 atom stereocenters. The van der Waals surface area contributed by atoms with E-state index >= 15 is 0 Å². The minimum Gasteiger partial charge on any atom is -0.350 e. The molecule has 1 N–H and O–H groups in total. The van der Waals surface area contributed by atoms with Gasteiger partial charge in [-0.25, -0.2) is 4.98 Å². The Labute approximate surface area is 113 Å². The van der Waals surface area contributed by atoms with E-state index in [0.717, 1.165) is 19.5 Å². The van der Waals surface area contributed by atoms with Crippen molar-refractivity contribution in [3.8, 4) is 0 Å². The highest BCUT2D eigenvalue weighted by molar-refractivity contribution is 7.09. The van der Waals surface area contributed by atoms with Crippen LogP contribution >= 0.6 is 11.3 Å². The minimum absolute atomic E-state index is 0.370. The van der Waals surface area contributed by atoms with Crippen LogP contribution in [0.15, 0.2) is 29.9 Å². The molecule has 0 saturated heterocycles. The van der Waals surface area contributed by atoms with Crippen molar-refractivity contribution >= 4 is 11.3 Å². The first-order valence-electron chi connectivity index (χ1n) is 6.62. The Kier molecular flexibility index (Phi) is 4.96. The van der Waals surface area contributed by atoms with Crippen molar-refractivity contribution in [3.05, 3.63) is 40.6 Å². The fourth-order valence-corrected chi connectivity index (χ4v) is 2.91. The van der Waals surface area contributed by atoms with Crippen LogP contribution in [0.25, 0.3) is 0 Å². The normalized spacial score (nSPS) is 12.8. The summed E-state index contributed by atoms with van der Waals surface area (Å²) in [4.78, 5) is 4.40. The number of nitrogens with zero attached hydrogens (tertiary/aromatic N) is 2. The van der Waals surface area contributed by atoms with Gasteiger partial charge in [0.05, 0.1) is 6.04 Å². The van der Waals surface area contributed by atoms with E-state index in [2.05, 4.69) is 47.0 Å². The average molecular weight is 263 g/mol. The number of aryl methyl sites for hydroxylation is 1. The number of rotatable bonds is 7. The fourth-order valence-electron chi connectivity index (χ4n) is 2.11. The van der Waals surface area contributed by atoms with Crippen molar-refractivity contribution in [1.29, 1.82) is 0 Å². The van der Waals surface area contributed by atoms with Crippen LogP contribution in [-0.4, -0.2) is 9.55 Å². The zero-order valence-corrected chi connectivity index (χ0v) is 11.9. The number of nitrogens with one attached hydrogen (secondary N) is 1. The van der Waals surface area contributed by atoms with Crippen LogP contribution in [0.1, 0.15) is 43.4 Å². The molecule has 0 saturated carbocycles. The first-order chi connectivity index (χ1) is 8.85. The number of thiazole rings is 1. The molecule has 0 aliphatic heterocycles. The largest absolute Gasteiger partial charge is 0.350 e. The first-order valence-corrected chi connectivity index (χ1v) is 7.49. The van der Waals surface area contributed by atoms with Crippen molar-refractivity contribution in [2.45, 2.75) is 45.8 Å². The van der Waals surface area contributed by atoms with E-state index in [4.69, 9.17) is 0 Å². The van der Waals surface area contributed by atoms with Gasteiger partial charge in [0.15, 0.2) is 0 Å². The molecule has 0 spiro atoms. The quantitative estimate of drug-likeness (QED) is 0.827. The highest BCUT2D eigenvalue weighted by Crippen LogP contribution is 2.19. The predicted molar refractivity (Wildman–Crippen MR) is 76.7 cm³/mol. The van der Waals surface area contributed by atoms with E-state index in [1.807, 2.05) is 11.6 Å². The van der Waals surface area contributed by atoms with Crippen molar-refractivity contribution < 1.29 is 0 Å². The van der Waals surface area contributed by atoms with E-state index < -0.39 is 0 Å². The second kappa shape index (κ2) is 6.71. The van der Waals surface area contributed by atoms with E-state index in [1.54, 1.807) is 11.3 Å². The van der Waals surface area contributed by atoms with Gasteiger partial charge in [-0.1, -0.05) is 13.8 Å². The summed E-state index contributed by atoms with van der Waals surface area (Å²) >= 11 is 1.73. The molecule has 2 rings (SSSR count). The second-order valence-electron chi connectivity index (χ2n) is 4.40. The van der Waals surface area contributed by atoms with Gasteiger partial charge in [-0.15, -0.1) is 11.3 Å². The topological polar surface area (TPSA) is 29.9 Å². The highest BCUT2D eigenvalue weighted by Gasteiger charge is 2.11. The summed E-state index contributed by atoms with van der Waals surface area (Å²) in [6.07, 6.45) is 6.28. The SMILES string of the molecule is CCCn1cccc1CNC(CC)c1nccs1. The van der Waals surface area contributed by atoms with Crippen LogP contribution in [0.4, 0.5) is 0 Å². The molecular formula is C14H21N3S. The Balaban J connectivity index is 1.95. The third-order valence-corrected chi connectivity index (χ3v) is 3.96. The Morgan fingerprint density at radius 3 is 3.00 bits per heavy atom. The van der Waals surface area contributed by atoms with Gasteiger partial charge >= 0.3 is 0 Å². The number of hydrogen-bond acceptors (Lipinski definition) is 3. The fraction of sp³-hybridized carbons (Fsp3) is 0.500. The molecule has 98 valence electrons. The minimum atomic E-state index is 0.370. The lowest BCUT2D eigenvalue weighted by molar-refractivity contribution is 0.498. The van der Waals surface area contributed by atoms with Crippen LogP contribution in [0.5, 0.6) is 0 Å². The molecule has 0 aliphatic rings. The summed E-state index contributed by atoms with van der Waals surface area (Å²) < 4.78 is 2.32. The lowest BCUT2D eigenvalue weighted by atomic mass is 10.2. The molecule has 0 radical (unpaired) electrons. The highest BCUT2D eigenvalue weighted by atomic mass is 32.1. The smallest absolute Gasteiger partial charge is 0.109 e. The zero-order valence-electron chi connectivity index (χ0n) is 11.1. The van der Waals surface area contributed by atoms with Crippen molar-refractivity contribution in [2.75, 3.05) is 0 Å².